The van der Waals surface area contributed by atoms with Crippen molar-refractivity contribution in [2.45, 2.75) is 0 Å². The van der Waals surface area contributed by atoms with Gasteiger partial charge in [0.25, 0.3) is 0 Å². The largest absolute Gasteiger partial charge is 0.378 e. The molecule has 0 aliphatic heterocycles. The van der Waals surface area contributed by atoms with E-state index >= 15 is 0 Å². The number of allylic oxidation sites excluding steroid dienone is 1. The molecule has 0 fully saturated rings. The van der Waals surface area contributed by atoms with E-state index in [0.717, 1.165) is 11.8 Å². The van der Waals surface area contributed by atoms with Crippen LogP contribution in [-0.2, 0) is 4.79 Å². The van der Waals surface area contributed by atoms with Crippen molar-refractivity contribution < 1.29 is 4.79 Å². The lowest BCUT2D eigenvalue weighted by molar-refractivity contribution is -0.104. The van der Waals surface area contributed by atoms with Crippen LogP contribution in [0.15, 0.2) is 60.7 Å². The summed E-state index contributed by atoms with van der Waals surface area (Å²) in [4.78, 5) is 12.0. The lowest BCUT2D eigenvalue weighted by atomic mass is 10.2. The maximum absolute atomic E-state index is 9.93. The highest BCUT2D eigenvalue weighted by atomic mass is 35.5. The van der Waals surface area contributed by atoms with Gasteiger partial charge in [0, 0.05) is 24.8 Å². The molecule has 2 aromatic rings. The SMILES string of the molecule is CN(C)c1ccccc1.O=CC=Cc1ccc(Cl)cc1. The Morgan fingerprint density at radius 3 is 2.00 bits per heavy atom. The van der Waals surface area contributed by atoms with E-state index in [-0.39, 0.29) is 0 Å². The number of carbonyl (C=O) groups excluding carboxylic acids is 1. The van der Waals surface area contributed by atoms with E-state index in [1.165, 1.54) is 11.8 Å². The van der Waals surface area contributed by atoms with E-state index < -0.39 is 0 Å². The zero-order valence-electron chi connectivity index (χ0n) is 11.7. The van der Waals surface area contributed by atoms with E-state index in [0.29, 0.717) is 5.02 Å². The van der Waals surface area contributed by atoms with Gasteiger partial charge in [-0.15, -0.1) is 0 Å². The molecule has 0 amide bonds. The summed E-state index contributed by atoms with van der Waals surface area (Å²) >= 11 is 5.65. The summed E-state index contributed by atoms with van der Waals surface area (Å²) in [6, 6.07) is 17.5. The second kappa shape index (κ2) is 8.94. The number of rotatable bonds is 3. The Hall–Kier alpha value is -2.06. The molecule has 0 radical (unpaired) electrons. The van der Waals surface area contributed by atoms with Gasteiger partial charge in [-0.05, 0) is 35.9 Å². The molecule has 3 heteroatoms. The predicted molar refractivity (Wildman–Crippen MR) is 87.3 cm³/mol. The average molecular weight is 288 g/mol. The lowest BCUT2D eigenvalue weighted by Crippen LogP contribution is -2.07. The molecule has 0 aliphatic rings. The number of para-hydroxylation sites is 1. The summed E-state index contributed by atoms with van der Waals surface area (Å²) in [6.07, 6.45) is 3.92. The van der Waals surface area contributed by atoms with Crippen LogP contribution in [-0.4, -0.2) is 20.4 Å². The van der Waals surface area contributed by atoms with Gasteiger partial charge in [0.15, 0.2) is 0 Å². The van der Waals surface area contributed by atoms with Gasteiger partial charge in [-0.2, -0.15) is 0 Å². The summed E-state index contributed by atoms with van der Waals surface area (Å²) in [5.41, 5.74) is 2.22. The number of benzene rings is 2. The number of hydrogen-bond donors (Lipinski definition) is 0. The van der Waals surface area contributed by atoms with Crippen LogP contribution in [0.3, 0.4) is 0 Å². The molecule has 2 aromatic carbocycles. The molecule has 0 aromatic heterocycles. The van der Waals surface area contributed by atoms with Crippen LogP contribution in [0.5, 0.6) is 0 Å². The zero-order chi connectivity index (χ0) is 14.8. The van der Waals surface area contributed by atoms with Crippen molar-refractivity contribution >= 4 is 29.7 Å². The second-order valence-corrected chi connectivity index (χ2v) is 4.71. The van der Waals surface area contributed by atoms with Crippen LogP contribution in [0.2, 0.25) is 5.02 Å². The minimum atomic E-state index is 0.702. The molecule has 0 N–H and O–H groups in total. The van der Waals surface area contributed by atoms with E-state index in [1.54, 1.807) is 18.2 Å². The van der Waals surface area contributed by atoms with Crippen molar-refractivity contribution in [1.82, 2.24) is 0 Å². The third kappa shape index (κ3) is 6.21. The Kier molecular flexibility index (Phi) is 7.15. The molecule has 0 aliphatic carbocycles. The molecule has 0 bridgehead atoms. The molecule has 0 spiro atoms. The van der Waals surface area contributed by atoms with Crippen molar-refractivity contribution in [3.05, 3.63) is 71.3 Å². The Labute approximate surface area is 125 Å². The Bertz CT molecular complexity index is 533. The summed E-state index contributed by atoms with van der Waals surface area (Å²) in [6.45, 7) is 0. The van der Waals surface area contributed by atoms with Crippen molar-refractivity contribution in [3.8, 4) is 0 Å². The number of carbonyl (C=O) groups is 1. The predicted octanol–water partition coefficient (Wildman–Crippen LogP) is 4.30. The van der Waals surface area contributed by atoms with Crippen LogP contribution in [0.25, 0.3) is 6.08 Å². The summed E-state index contributed by atoms with van der Waals surface area (Å²) in [5.74, 6) is 0. The lowest BCUT2D eigenvalue weighted by Gasteiger charge is -2.10. The molecule has 20 heavy (non-hydrogen) atoms. The molecule has 104 valence electrons. The maximum Gasteiger partial charge on any atom is 0.142 e. The highest BCUT2D eigenvalue weighted by molar-refractivity contribution is 6.30. The first-order valence-electron chi connectivity index (χ1n) is 6.23. The van der Waals surface area contributed by atoms with Crippen LogP contribution < -0.4 is 4.90 Å². The van der Waals surface area contributed by atoms with Gasteiger partial charge in [-0.1, -0.05) is 48.0 Å². The highest BCUT2D eigenvalue weighted by Gasteiger charge is 1.87. The molecule has 0 unspecified atom stereocenters. The first-order valence-corrected chi connectivity index (χ1v) is 6.61. The Morgan fingerprint density at radius 2 is 1.55 bits per heavy atom. The van der Waals surface area contributed by atoms with Gasteiger partial charge in [-0.3, -0.25) is 4.79 Å². The zero-order valence-corrected chi connectivity index (χ0v) is 12.4. The third-order valence-electron chi connectivity index (χ3n) is 2.51. The van der Waals surface area contributed by atoms with Crippen molar-refractivity contribution in [1.29, 1.82) is 0 Å². The molecule has 0 saturated heterocycles. The number of aldehydes is 1. The number of anilines is 1. The van der Waals surface area contributed by atoms with Crippen molar-refractivity contribution in [3.63, 3.8) is 0 Å². The van der Waals surface area contributed by atoms with Gasteiger partial charge in [0.05, 0.1) is 0 Å². The normalized spacial score (nSPS) is 9.75. The molecule has 0 atom stereocenters. The Balaban J connectivity index is 0.000000204. The third-order valence-corrected chi connectivity index (χ3v) is 2.76. The van der Waals surface area contributed by atoms with E-state index in [9.17, 15) is 4.79 Å². The fourth-order valence-corrected chi connectivity index (χ4v) is 1.58. The van der Waals surface area contributed by atoms with Crippen LogP contribution in [0.1, 0.15) is 5.56 Å². The summed E-state index contributed by atoms with van der Waals surface area (Å²) < 4.78 is 0. The van der Waals surface area contributed by atoms with Gasteiger partial charge in [0.1, 0.15) is 6.29 Å². The minimum absolute atomic E-state index is 0.702. The highest BCUT2D eigenvalue weighted by Crippen LogP contribution is 2.10. The molecular weight excluding hydrogens is 270 g/mol. The quantitative estimate of drug-likeness (QED) is 0.619. The van der Waals surface area contributed by atoms with Gasteiger partial charge in [0.2, 0.25) is 0 Å². The van der Waals surface area contributed by atoms with Crippen molar-refractivity contribution in [2.75, 3.05) is 19.0 Å². The fraction of sp³-hybridized carbons (Fsp3) is 0.118. The van der Waals surface area contributed by atoms with E-state index in [1.807, 2.05) is 44.4 Å². The molecule has 0 saturated carbocycles. The average Bonchev–Trinajstić information content (AvgIpc) is 2.48. The fourth-order valence-electron chi connectivity index (χ4n) is 1.45. The van der Waals surface area contributed by atoms with Crippen LogP contribution >= 0.6 is 11.6 Å². The standard InChI is InChI=1S/C9H7ClO.C8H11N/c10-9-5-3-8(4-6-9)2-1-7-11;1-9(2)8-6-4-3-5-7-8/h1-7H;3-7H,1-2H3. The van der Waals surface area contributed by atoms with Crippen molar-refractivity contribution in [2.24, 2.45) is 0 Å². The monoisotopic (exact) mass is 287 g/mol. The minimum Gasteiger partial charge on any atom is -0.378 e. The first-order chi connectivity index (χ1) is 9.63. The van der Waals surface area contributed by atoms with Crippen LogP contribution in [0.4, 0.5) is 5.69 Å². The van der Waals surface area contributed by atoms with Gasteiger partial charge < -0.3 is 4.90 Å². The summed E-state index contributed by atoms with van der Waals surface area (Å²) in [7, 11) is 4.07. The Morgan fingerprint density at radius 1 is 0.950 bits per heavy atom. The first kappa shape index (κ1) is 16.0. The summed E-state index contributed by atoms with van der Waals surface area (Å²) in [5, 5.41) is 0.702. The second-order valence-electron chi connectivity index (χ2n) is 4.28. The smallest absolute Gasteiger partial charge is 0.142 e. The molecular formula is C17H18ClNO. The van der Waals surface area contributed by atoms with Gasteiger partial charge >= 0.3 is 0 Å². The van der Waals surface area contributed by atoms with E-state index in [4.69, 9.17) is 11.6 Å². The maximum atomic E-state index is 9.93. The number of hydrogen-bond acceptors (Lipinski definition) is 2. The number of nitrogens with zero attached hydrogens (tertiary/aromatic N) is 1. The number of halogens is 1. The molecule has 0 heterocycles. The topological polar surface area (TPSA) is 20.3 Å². The van der Waals surface area contributed by atoms with Gasteiger partial charge in [-0.25, -0.2) is 0 Å². The molecule has 2 nitrogen and oxygen atoms in total. The molecule has 2 rings (SSSR count). The van der Waals surface area contributed by atoms with E-state index in [2.05, 4.69) is 17.0 Å². The van der Waals surface area contributed by atoms with Crippen LogP contribution in [0, 0.1) is 0 Å².